The predicted molar refractivity (Wildman–Crippen MR) is 84.0 cm³/mol. The highest BCUT2D eigenvalue weighted by Crippen LogP contribution is 2.13. The highest BCUT2D eigenvalue weighted by molar-refractivity contribution is 9.10. The molecule has 0 saturated heterocycles. The molecule has 5 heteroatoms. The lowest BCUT2D eigenvalue weighted by atomic mass is 10.3. The van der Waals surface area contributed by atoms with E-state index in [0.29, 0.717) is 16.7 Å². The Balaban J connectivity index is 1.84. The van der Waals surface area contributed by atoms with Gasteiger partial charge in [-0.05, 0) is 40.2 Å². The van der Waals surface area contributed by atoms with Crippen LogP contribution >= 0.6 is 15.9 Å². The second-order valence-electron chi connectivity index (χ2n) is 4.35. The van der Waals surface area contributed by atoms with Crippen molar-refractivity contribution in [1.82, 2.24) is 10.3 Å². The molecule has 104 valence electrons. The number of amides is 1. The van der Waals surface area contributed by atoms with Crippen molar-refractivity contribution in [3.05, 3.63) is 58.8 Å². The lowest BCUT2D eigenvalue weighted by Gasteiger charge is -2.19. The van der Waals surface area contributed by atoms with Crippen LogP contribution in [-0.4, -0.2) is 31.0 Å². The monoisotopic (exact) mass is 333 g/mol. The average molecular weight is 334 g/mol. The largest absolute Gasteiger partial charge is 0.373 e. The number of anilines is 1. The smallest absolute Gasteiger partial charge is 0.271 e. The van der Waals surface area contributed by atoms with Crippen LogP contribution in [0.3, 0.4) is 0 Å². The van der Waals surface area contributed by atoms with Gasteiger partial charge in [-0.15, -0.1) is 0 Å². The lowest BCUT2D eigenvalue weighted by Crippen LogP contribution is -2.33. The Hall–Kier alpha value is -1.88. The van der Waals surface area contributed by atoms with E-state index in [4.69, 9.17) is 0 Å². The molecule has 1 N–H and O–H groups in total. The van der Waals surface area contributed by atoms with Gasteiger partial charge in [0.15, 0.2) is 0 Å². The highest BCUT2D eigenvalue weighted by Gasteiger charge is 2.10. The number of likely N-dealkylation sites (N-methyl/N-ethyl adjacent to an activating group) is 1. The van der Waals surface area contributed by atoms with Gasteiger partial charge in [0.05, 0.1) is 0 Å². The second kappa shape index (κ2) is 7.05. The summed E-state index contributed by atoms with van der Waals surface area (Å²) in [5.74, 6) is -0.168. The molecule has 0 radical (unpaired) electrons. The van der Waals surface area contributed by atoms with Crippen LogP contribution in [0.1, 0.15) is 10.5 Å². The number of carbonyl (C=O) groups excluding carboxylic acids is 1. The second-order valence-corrected chi connectivity index (χ2v) is 5.20. The number of nitrogens with zero attached hydrogens (tertiary/aromatic N) is 2. The van der Waals surface area contributed by atoms with Crippen LogP contribution in [-0.2, 0) is 0 Å². The average Bonchev–Trinajstić information content (AvgIpc) is 2.48. The molecule has 0 aliphatic carbocycles. The summed E-state index contributed by atoms with van der Waals surface area (Å²) < 4.78 is 0.703. The minimum atomic E-state index is -0.168. The molecule has 0 spiro atoms. The molecular formula is C15H16BrN3O. The van der Waals surface area contributed by atoms with E-state index in [9.17, 15) is 4.79 Å². The van der Waals surface area contributed by atoms with Gasteiger partial charge >= 0.3 is 0 Å². The molecule has 0 bridgehead atoms. The first-order valence-corrected chi connectivity index (χ1v) is 7.12. The van der Waals surface area contributed by atoms with Gasteiger partial charge in [-0.2, -0.15) is 0 Å². The zero-order chi connectivity index (χ0) is 14.4. The van der Waals surface area contributed by atoms with Gasteiger partial charge in [-0.1, -0.05) is 18.2 Å². The molecule has 0 aliphatic rings. The standard InChI is InChI=1S/C15H16BrN3O/c1-19(12-6-3-2-4-7-12)11-10-18-15(20)14-13(16)8-5-9-17-14/h2-9H,10-11H2,1H3,(H,18,20). The zero-order valence-corrected chi connectivity index (χ0v) is 12.8. The van der Waals surface area contributed by atoms with Crippen LogP contribution in [0.15, 0.2) is 53.1 Å². The Morgan fingerprint density at radius 3 is 2.70 bits per heavy atom. The van der Waals surface area contributed by atoms with Gasteiger partial charge in [0.2, 0.25) is 0 Å². The van der Waals surface area contributed by atoms with Gasteiger partial charge in [-0.25, -0.2) is 4.98 Å². The number of carbonyl (C=O) groups is 1. The number of aromatic nitrogens is 1. The summed E-state index contributed by atoms with van der Waals surface area (Å²) in [6.45, 7) is 1.30. The molecule has 1 aromatic heterocycles. The molecule has 1 heterocycles. The van der Waals surface area contributed by atoms with Crippen molar-refractivity contribution in [2.24, 2.45) is 0 Å². The maximum Gasteiger partial charge on any atom is 0.271 e. The summed E-state index contributed by atoms with van der Waals surface area (Å²) >= 11 is 3.32. The van der Waals surface area contributed by atoms with Crippen LogP contribution in [0.4, 0.5) is 5.69 Å². The Morgan fingerprint density at radius 1 is 1.25 bits per heavy atom. The molecular weight excluding hydrogens is 318 g/mol. The van der Waals surface area contributed by atoms with Crippen LogP contribution < -0.4 is 10.2 Å². The van der Waals surface area contributed by atoms with Crippen LogP contribution in [0, 0.1) is 0 Å². The number of halogens is 1. The van der Waals surface area contributed by atoms with E-state index in [1.54, 1.807) is 18.3 Å². The number of pyridine rings is 1. The Kier molecular flexibility index (Phi) is 5.12. The topological polar surface area (TPSA) is 45.2 Å². The minimum Gasteiger partial charge on any atom is -0.373 e. The van der Waals surface area contributed by atoms with Crippen LogP contribution in [0.5, 0.6) is 0 Å². The summed E-state index contributed by atoms with van der Waals surface area (Å²) in [5, 5.41) is 2.87. The Bertz CT molecular complexity index is 574. The molecule has 0 fully saturated rings. The first-order valence-electron chi connectivity index (χ1n) is 6.33. The normalized spacial score (nSPS) is 10.1. The van der Waals surface area contributed by atoms with Gasteiger partial charge in [0, 0.05) is 36.5 Å². The summed E-state index contributed by atoms with van der Waals surface area (Å²) in [7, 11) is 2.00. The molecule has 2 aromatic rings. The third-order valence-electron chi connectivity index (χ3n) is 2.90. The number of hydrogen-bond donors (Lipinski definition) is 1. The molecule has 0 aliphatic heterocycles. The van der Waals surface area contributed by atoms with Gasteiger partial charge in [-0.3, -0.25) is 4.79 Å². The van der Waals surface area contributed by atoms with Gasteiger partial charge in [0.1, 0.15) is 5.69 Å². The van der Waals surface area contributed by atoms with E-state index in [1.807, 2.05) is 37.4 Å². The minimum absolute atomic E-state index is 0.168. The molecule has 4 nitrogen and oxygen atoms in total. The predicted octanol–water partition coefficient (Wildman–Crippen LogP) is 2.71. The fourth-order valence-corrected chi connectivity index (χ4v) is 2.22. The fraction of sp³-hybridized carbons (Fsp3) is 0.200. The third-order valence-corrected chi connectivity index (χ3v) is 3.54. The number of nitrogens with one attached hydrogen (secondary N) is 1. The van der Waals surface area contributed by atoms with Crippen molar-refractivity contribution in [2.45, 2.75) is 0 Å². The maximum absolute atomic E-state index is 12.0. The lowest BCUT2D eigenvalue weighted by molar-refractivity contribution is 0.0949. The Morgan fingerprint density at radius 2 is 2.00 bits per heavy atom. The Labute approximate surface area is 127 Å². The summed E-state index contributed by atoms with van der Waals surface area (Å²) in [6.07, 6.45) is 1.61. The summed E-state index contributed by atoms with van der Waals surface area (Å²) in [6, 6.07) is 13.6. The molecule has 20 heavy (non-hydrogen) atoms. The van der Waals surface area contributed by atoms with Crippen molar-refractivity contribution >= 4 is 27.5 Å². The van der Waals surface area contributed by atoms with E-state index >= 15 is 0 Å². The molecule has 0 atom stereocenters. The molecule has 0 saturated carbocycles. The van der Waals surface area contributed by atoms with E-state index < -0.39 is 0 Å². The van der Waals surface area contributed by atoms with E-state index in [0.717, 1.165) is 12.2 Å². The van der Waals surface area contributed by atoms with Crippen LogP contribution in [0.25, 0.3) is 0 Å². The SMILES string of the molecule is CN(CCNC(=O)c1ncccc1Br)c1ccccc1. The maximum atomic E-state index is 12.0. The van der Waals surface area contributed by atoms with Crippen molar-refractivity contribution in [3.8, 4) is 0 Å². The first-order chi connectivity index (χ1) is 9.68. The van der Waals surface area contributed by atoms with Crippen LogP contribution in [0.2, 0.25) is 0 Å². The van der Waals surface area contributed by atoms with E-state index in [1.165, 1.54) is 0 Å². The van der Waals surface area contributed by atoms with Crippen molar-refractivity contribution in [1.29, 1.82) is 0 Å². The molecule has 1 amide bonds. The van der Waals surface area contributed by atoms with E-state index in [-0.39, 0.29) is 5.91 Å². The first kappa shape index (κ1) is 14.5. The highest BCUT2D eigenvalue weighted by atomic mass is 79.9. The third kappa shape index (κ3) is 3.81. The number of benzene rings is 1. The van der Waals surface area contributed by atoms with Crippen molar-refractivity contribution in [2.75, 3.05) is 25.0 Å². The zero-order valence-electron chi connectivity index (χ0n) is 11.2. The molecule has 2 rings (SSSR count). The van der Waals surface area contributed by atoms with Gasteiger partial charge < -0.3 is 10.2 Å². The quantitative estimate of drug-likeness (QED) is 0.914. The van der Waals surface area contributed by atoms with E-state index in [2.05, 4.69) is 31.1 Å². The number of para-hydroxylation sites is 1. The fourth-order valence-electron chi connectivity index (χ4n) is 1.79. The number of rotatable bonds is 5. The summed E-state index contributed by atoms with van der Waals surface area (Å²) in [4.78, 5) is 18.1. The van der Waals surface area contributed by atoms with Crippen molar-refractivity contribution in [3.63, 3.8) is 0 Å². The summed E-state index contributed by atoms with van der Waals surface area (Å²) in [5.41, 5.74) is 1.54. The number of hydrogen-bond acceptors (Lipinski definition) is 3. The molecule has 0 unspecified atom stereocenters. The van der Waals surface area contributed by atoms with Crippen molar-refractivity contribution < 1.29 is 4.79 Å². The van der Waals surface area contributed by atoms with Gasteiger partial charge in [0.25, 0.3) is 5.91 Å². The molecule has 1 aromatic carbocycles.